The molecule has 0 aliphatic heterocycles. The maximum atomic E-state index is 13.2. The summed E-state index contributed by atoms with van der Waals surface area (Å²) in [7, 11) is 0. The number of ketones is 1. The van der Waals surface area contributed by atoms with E-state index >= 15 is 0 Å². The first kappa shape index (κ1) is 13.5. The van der Waals surface area contributed by atoms with Crippen LogP contribution in [0.15, 0.2) is 59.0 Å². The van der Waals surface area contributed by atoms with Crippen LogP contribution in [0, 0.1) is 5.82 Å². The lowest BCUT2D eigenvalue weighted by molar-refractivity contribution is 0.0873. The van der Waals surface area contributed by atoms with Gasteiger partial charge in [0.2, 0.25) is 5.78 Å². The molecule has 2 N–H and O–H groups in total. The quantitative estimate of drug-likeness (QED) is 0.747. The molecular weight excluding hydrogens is 269 g/mol. The van der Waals surface area contributed by atoms with E-state index in [0.29, 0.717) is 16.5 Å². The van der Waals surface area contributed by atoms with Gasteiger partial charge in [0, 0.05) is 5.39 Å². The van der Waals surface area contributed by atoms with Crippen LogP contribution in [-0.2, 0) is 5.54 Å². The number of carbonyl (C=O) groups is 1. The van der Waals surface area contributed by atoms with Crippen LogP contribution in [0.1, 0.15) is 23.0 Å². The Morgan fingerprint density at radius 2 is 1.86 bits per heavy atom. The topological polar surface area (TPSA) is 56.2 Å². The molecule has 106 valence electrons. The number of benzene rings is 2. The highest BCUT2D eigenvalue weighted by molar-refractivity contribution is 6.03. The third kappa shape index (κ3) is 2.34. The Balaban J connectivity index is 2.03. The number of furan rings is 1. The SMILES string of the molecule is CC(N)(C(=O)c1cc2cc(F)ccc2o1)c1ccccc1. The first-order valence-corrected chi connectivity index (χ1v) is 6.57. The van der Waals surface area contributed by atoms with Gasteiger partial charge >= 0.3 is 0 Å². The third-order valence-corrected chi connectivity index (χ3v) is 3.55. The molecule has 1 heterocycles. The molecule has 1 atom stereocenters. The molecule has 1 aromatic heterocycles. The summed E-state index contributed by atoms with van der Waals surface area (Å²) in [6.07, 6.45) is 0. The van der Waals surface area contributed by atoms with E-state index in [1.165, 1.54) is 24.3 Å². The van der Waals surface area contributed by atoms with Crippen molar-refractivity contribution in [2.75, 3.05) is 0 Å². The number of Topliss-reactive ketones (excluding diaryl/α,β-unsaturated/α-hetero) is 1. The third-order valence-electron chi connectivity index (χ3n) is 3.55. The lowest BCUT2D eigenvalue weighted by Gasteiger charge is -2.22. The number of nitrogens with two attached hydrogens (primary N) is 1. The second kappa shape index (κ2) is 4.82. The number of carbonyl (C=O) groups excluding carboxylic acids is 1. The predicted octanol–water partition coefficient (Wildman–Crippen LogP) is 3.63. The molecule has 0 saturated heterocycles. The summed E-state index contributed by atoms with van der Waals surface area (Å²) in [5, 5.41) is 0.544. The van der Waals surface area contributed by atoms with Crippen LogP contribution in [-0.4, -0.2) is 5.78 Å². The van der Waals surface area contributed by atoms with Gasteiger partial charge in [-0.15, -0.1) is 0 Å². The molecular formula is C17H14FNO2. The molecule has 21 heavy (non-hydrogen) atoms. The van der Waals surface area contributed by atoms with Gasteiger partial charge in [0.15, 0.2) is 5.76 Å². The van der Waals surface area contributed by atoms with Gasteiger partial charge in [0.05, 0.1) is 0 Å². The number of fused-ring (bicyclic) bond motifs is 1. The molecule has 3 aromatic rings. The highest BCUT2D eigenvalue weighted by Crippen LogP contribution is 2.27. The Morgan fingerprint density at radius 3 is 2.57 bits per heavy atom. The largest absolute Gasteiger partial charge is 0.453 e. The van der Waals surface area contributed by atoms with Gasteiger partial charge in [-0.2, -0.15) is 0 Å². The van der Waals surface area contributed by atoms with Crippen molar-refractivity contribution in [3.05, 3.63) is 71.7 Å². The highest BCUT2D eigenvalue weighted by Gasteiger charge is 2.33. The van der Waals surface area contributed by atoms with Crippen molar-refractivity contribution in [3.8, 4) is 0 Å². The van der Waals surface area contributed by atoms with Crippen LogP contribution in [0.25, 0.3) is 11.0 Å². The van der Waals surface area contributed by atoms with Crippen LogP contribution in [0.3, 0.4) is 0 Å². The molecule has 2 aromatic carbocycles. The fraction of sp³-hybridized carbons (Fsp3) is 0.118. The van der Waals surface area contributed by atoms with E-state index in [1.807, 2.05) is 18.2 Å². The summed E-state index contributed by atoms with van der Waals surface area (Å²) < 4.78 is 18.7. The predicted molar refractivity (Wildman–Crippen MR) is 78.5 cm³/mol. The van der Waals surface area contributed by atoms with E-state index in [-0.39, 0.29) is 17.4 Å². The number of rotatable bonds is 3. The van der Waals surface area contributed by atoms with Crippen molar-refractivity contribution in [1.82, 2.24) is 0 Å². The van der Waals surface area contributed by atoms with Gasteiger partial charge in [0.1, 0.15) is 16.9 Å². The lowest BCUT2D eigenvalue weighted by Crippen LogP contribution is -2.41. The molecule has 0 spiro atoms. The summed E-state index contributed by atoms with van der Waals surface area (Å²) in [5.74, 6) is -0.587. The standard InChI is InChI=1S/C17H14FNO2/c1-17(19,12-5-3-2-4-6-12)16(20)15-10-11-9-13(18)7-8-14(11)21-15/h2-10H,19H2,1H3. The summed E-state index contributed by atoms with van der Waals surface area (Å²) >= 11 is 0. The van der Waals surface area contributed by atoms with Crippen LogP contribution in [0.4, 0.5) is 4.39 Å². The summed E-state index contributed by atoms with van der Waals surface area (Å²) in [6, 6.07) is 14.7. The minimum absolute atomic E-state index is 0.129. The van der Waals surface area contributed by atoms with Crippen LogP contribution >= 0.6 is 0 Å². The van der Waals surface area contributed by atoms with E-state index in [9.17, 15) is 9.18 Å². The van der Waals surface area contributed by atoms with Gasteiger partial charge in [0.25, 0.3) is 0 Å². The molecule has 3 nitrogen and oxygen atoms in total. The molecule has 3 rings (SSSR count). The van der Waals surface area contributed by atoms with Crippen molar-refractivity contribution in [2.24, 2.45) is 5.73 Å². The zero-order chi connectivity index (χ0) is 15.0. The fourth-order valence-corrected chi connectivity index (χ4v) is 2.30. The average Bonchev–Trinajstić information content (AvgIpc) is 2.90. The smallest absolute Gasteiger partial charge is 0.221 e. The molecule has 0 bridgehead atoms. The Bertz CT molecular complexity index is 806. The van der Waals surface area contributed by atoms with Crippen molar-refractivity contribution >= 4 is 16.8 Å². The van der Waals surface area contributed by atoms with Crippen molar-refractivity contribution in [3.63, 3.8) is 0 Å². The Labute approximate surface area is 121 Å². The summed E-state index contributed by atoms with van der Waals surface area (Å²) in [6.45, 7) is 1.64. The minimum atomic E-state index is -1.20. The second-order valence-corrected chi connectivity index (χ2v) is 5.19. The average molecular weight is 283 g/mol. The lowest BCUT2D eigenvalue weighted by atomic mass is 9.87. The second-order valence-electron chi connectivity index (χ2n) is 5.19. The van der Waals surface area contributed by atoms with Crippen LogP contribution in [0.2, 0.25) is 0 Å². The molecule has 0 amide bonds. The van der Waals surface area contributed by atoms with Gasteiger partial charge < -0.3 is 10.2 Å². The maximum Gasteiger partial charge on any atom is 0.221 e. The van der Waals surface area contributed by atoms with E-state index in [4.69, 9.17) is 10.2 Å². The zero-order valence-electron chi connectivity index (χ0n) is 11.5. The Kier molecular flexibility index (Phi) is 3.11. The number of hydrogen-bond donors (Lipinski definition) is 1. The molecule has 0 radical (unpaired) electrons. The highest BCUT2D eigenvalue weighted by atomic mass is 19.1. The number of halogens is 1. The van der Waals surface area contributed by atoms with Gasteiger partial charge in [-0.1, -0.05) is 30.3 Å². The van der Waals surface area contributed by atoms with E-state index in [0.717, 1.165) is 0 Å². The first-order valence-electron chi connectivity index (χ1n) is 6.57. The van der Waals surface area contributed by atoms with E-state index < -0.39 is 5.54 Å². The molecule has 0 aliphatic carbocycles. The van der Waals surface area contributed by atoms with E-state index in [2.05, 4.69) is 0 Å². The van der Waals surface area contributed by atoms with Crippen molar-refractivity contribution in [2.45, 2.75) is 12.5 Å². The molecule has 1 unspecified atom stereocenters. The van der Waals surface area contributed by atoms with Gasteiger partial charge in [-0.05, 0) is 36.8 Å². The Hall–Kier alpha value is -2.46. The molecule has 0 saturated carbocycles. The van der Waals surface area contributed by atoms with Crippen LogP contribution < -0.4 is 5.73 Å². The molecule has 0 aliphatic rings. The van der Waals surface area contributed by atoms with Crippen molar-refractivity contribution in [1.29, 1.82) is 0 Å². The van der Waals surface area contributed by atoms with E-state index in [1.54, 1.807) is 19.1 Å². The monoisotopic (exact) mass is 283 g/mol. The first-order chi connectivity index (χ1) is 9.98. The van der Waals surface area contributed by atoms with Gasteiger partial charge in [-0.3, -0.25) is 4.79 Å². The fourth-order valence-electron chi connectivity index (χ4n) is 2.30. The van der Waals surface area contributed by atoms with Crippen molar-refractivity contribution < 1.29 is 13.6 Å². The number of hydrogen-bond acceptors (Lipinski definition) is 3. The normalized spacial score (nSPS) is 14.0. The minimum Gasteiger partial charge on any atom is -0.453 e. The molecule has 0 fully saturated rings. The zero-order valence-corrected chi connectivity index (χ0v) is 11.5. The molecule has 4 heteroatoms. The van der Waals surface area contributed by atoms with Gasteiger partial charge in [-0.25, -0.2) is 4.39 Å². The van der Waals surface area contributed by atoms with Crippen LogP contribution in [0.5, 0.6) is 0 Å². The maximum absolute atomic E-state index is 13.2. The Morgan fingerprint density at radius 1 is 1.14 bits per heavy atom. The summed E-state index contributed by atoms with van der Waals surface area (Å²) in [5.41, 5.74) is 6.14. The summed E-state index contributed by atoms with van der Waals surface area (Å²) in [4.78, 5) is 12.6.